The first-order valence-corrected chi connectivity index (χ1v) is 8.10. The third-order valence-corrected chi connectivity index (χ3v) is 5.10. The number of carboxylic acids is 1. The van der Waals surface area contributed by atoms with Gasteiger partial charge in [0.1, 0.15) is 10.7 Å². The monoisotopic (exact) mass is 327 g/mol. The summed E-state index contributed by atoms with van der Waals surface area (Å²) >= 11 is 0. The molecule has 0 aliphatic rings. The summed E-state index contributed by atoms with van der Waals surface area (Å²) in [6, 6.07) is 2.81. The van der Waals surface area contributed by atoms with Crippen molar-refractivity contribution in [2.45, 2.75) is 24.8 Å². The van der Waals surface area contributed by atoms with Crippen LogP contribution in [0, 0.1) is 0 Å². The van der Waals surface area contributed by atoms with Gasteiger partial charge < -0.3 is 9.52 Å². The highest BCUT2D eigenvalue weighted by molar-refractivity contribution is 7.89. The summed E-state index contributed by atoms with van der Waals surface area (Å²) in [5.41, 5.74) is 0. The van der Waals surface area contributed by atoms with E-state index in [9.17, 15) is 13.2 Å². The van der Waals surface area contributed by atoms with E-state index in [0.29, 0.717) is 6.54 Å². The van der Waals surface area contributed by atoms with Crippen LogP contribution in [-0.2, 0) is 23.0 Å². The topological polar surface area (TPSA) is 106 Å². The molecule has 0 atom stereocenters. The predicted octanol–water partition coefficient (Wildman–Crippen LogP) is 1.06. The highest BCUT2D eigenvalue weighted by atomic mass is 32.2. The molecule has 0 saturated carbocycles. The maximum atomic E-state index is 12.6. The maximum Gasteiger partial charge on any atom is 0.371 e. The molecule has 0 aliphatic heterocycles. The summed E-state index contributed by atoms with van der Waals surface area (Å²) in [6.45, 7) is 2.31. The smallest absolute Gasteiger partial charge is 0.371 e. The van der Waals surface area contributed by atoms with Gasteiger partial charge in [-0.05, 0) is 6.07 Å². The van der Waals surface area contributed by atoms with E-state index in [-0.39, 0.29) is 29.4 Å². The number of hydrogen-bond donors (Lipinski definition) is 1. The number of carbonyl (C=O) groups is 1. The molecular formula is C13H17N3O5S. The average Bonchev–Trinajstić information content (AvgIpc) is 3.13. The van der Waals surface area contributed by atoms with Crippen LogP contribution in [0.4, 0.5) is 0 Å². The van der Waals surface area contributed by atoms with Crippen LogP contribution >= 0.6 is 0 Å². The lowest BCUT2D eigenvalue weighted by Gasteiger charge is -2.16. The second kappa shape index (κ2) is 6.32. The van der Waals surface area contributed by atoms with Crippen LogP contribution in [0.3, 0.4) is 0 Å². The van der Waals surface area contributed by atoms with Gasteiger partial charge in [0, 0.05) is 38.5 Å². The van der Waals surface area contributed by atoms with Crippen molar-refractivity contribution in [3.8, 4) is 0 Å². The second-order valence-electron chi connectivity index (χ2n) is 4.65. The minimum atomic E-state index is -3.81. The first kappa shape index (κ1) is 16.2. The first-order valence-electron chi connectivity index (χ1n) is 6.66. The number of aromatic carboxylic acids is 1. The van der Waals surface area contributed by atoms with Crippen molar-refractivity contribution in [3.05, 3.63) is 36.0 Å². The molecule has 0 saturated heterocycles. The molecule has 0 fully saturated rings. The molecule has 8 nitrogen and oxygen atoms in total. The van der Waals surface area contributed by atoms with Gasteiger partial charge in [0.2, 0.25) is 15.8 Å². The number of likely N-dealkylation sites (N-methyl/N-ethyl adjacent to an activating group) is 1. The van der Waals surface area contributed by atoms with Crippen molar-refractivity contribution < 1.29 is 22.7 Å². The zero-order chi connectivity index (χ0) is 16.3. The van der Waals surface area contributed by atoms with Crippen LogP contribution in [0.2, 0.25) is 0 Å². The largest absolute Gasteiger partial charge is 0.475 e. The molecule has 0 unspecified atom stereocenters. The van der Waals surface area contributed by atoms with Crippen molar-refractivity contribution in [1.82, 2.24) is 14.1 Å². The number of hydrogen-bond acceptors (Lipinski definition) is 5. The van der Waals surface area contributed by atoms with Gasteiger partial charge in [-0.15, -0.1) is 0 Å². The van der Waals surface area contributed by atoms with Crippen LogP contribution in [0.15, 0.2) is 33.8 Å². The molecule has 0 spiro atoms. The quantitative estimate of drug-likeness (QED) is 0.815. The van der Waals surface area contributed by atoms with Gasteiger partial charge in [-0.25, -0.2) is 13.2 Å². The number of aromatic nitrogens is 2. The fourth-order valence-corrected chi connectivity index (χ4v) is 3.33. The molecule has 22 heavy (non-hydrogen) atoms. The van der Waals surface area contributed by atoms with Crippen LogP contribution in [-0.4, -0.2) is 47.2 Å². The lowest BCUT2D eigenvalue weighted by molar-refractivity contribution is 0.0660. The Morgan fingerprint density at radius 1 is 1.50 bits per heavy atom. The third kappa shape index (κ3) is 3.20. The fraction of sp³-hybridized carbons (Fsp3) is 0.385. The molecule has 2 rings (SSSR count). The minimum absolute atomic E-state index is 0.102. The number of rotatable bonds is 7. The van der Waals surface area contributed by atoms with Gasteiger partial charge in [-0.3, -0.25) is 4.68 Å². The average molecular weight is 327 g/mol. The van der Waals surface area contributed by atoms with E-state index in [1.165, 1.54) is 7.05 Å². The molecule has 0 radical (unpaired) electrons. The summed E-state index contributed by atoms with van der Waals surface area (Å²) in [6.07, 6.45) is 3.63. The standard InChI is InChI=1S/C13H17N3O5S/c1-3-10-12(9-11(21-10)13(17)18)22(19,20)15(2)7-8-16-6-4-5-14-16/h4-6,9H,3,7-8H2,1-2H3,(H,17,18). The highest BCUT2D eigenvalue weighted by Gasteiger charge is 2.28. The lowest BCUT2D eigenvalue weighted by Crippen LogP contribution is -2.30. The number of aryl methyl sites for hydroxylation is 1. The molecular weight excluding hydrogens is 310 g/mol. The zero-order valence-corrected chi connectivity index (χ0v) is 13.1. The molecule has 0 amide bonds. The Morgan fingerprint density at radius 2 is 2.23 bits per heavy atom. The molecule has 2 aromatic heterocycles. The zero-order valence-electron chi connectivity index (χ0n) is 12.3. The van der Waals surface area contributed by atoms with Gasteiger partial charge in [0.05, 0.1) is 6.54 Å². The molecule has 0 bridgehead atoms. The fourth-order valence-electron chi connectivity index (χ4n) is 1.95. The molecule has 1 N–H and O–H groups in total. The minimum Gasteiger partial charge on any atom is -0.475 e. The summed E-state index contributed by atoms with van der Waals surface area (Å²) in [5.74, 6) is -1.53. The Labute approximate surface area is 128 Å². The number of nitrogens with zero attached hydrogens (tertiary/aromatic N) is 3. The molecule has 9 heteroatoms. The summed E-state index contributed by atoms with van der Waals surface area (Å²) in [4.78, 5) is 10.8. The Kier molecular flexibility index (Phi) is 4.67. The van der Waals surface area contributed by atoms with Crippen molar-refractivity contribution in [1.29, 1.82) is 0 Å². The Hall–Kier alpha value is -2.13. The van der Waals surface area contributed by atoms with Crippen molar-refractivity contribution in [2.75, 3.05) is 13.6 Å². The Bertz CT molecular complexity index is 749. The number of sulfonamides is 1. The van der Waals surface area contributed by atoms with Crippen LogP contribution in [0.5, 0.6) is 0 Å². The van der Waals surface area contributed by atoms with Crippen LogP contribution in [0.25, 0.3) is 0 Å². The van der Waals surface area contributed by atoms with E-state index in [2.05, 4.69) is 5.10 Å². The van der Waals surface area contributed by atoms with Gasteiger partial charge in [-0.2, -0.15) is 9.40 Å². The maximum absolute atomic E-state index is 12.6. The normalized spacial score (nSPS) is 12.0. The van der Waals surface area contributed by atoms with Crippen molar-refractivity contribution in [3.63, 3.8) is 0 Å². The predicted molar refractivity (Wildman–Crippen MR) is 77.1 cm³/mol. The Balaban J connectivity index is 2.23. The van der Waals surface area contributed by atoms with Crippen LogP contribution < -0.4 is 0 Å². The summed E-state index contributed by atoms with van der Waals surface area (Å²) in [7, 11) is -2.38. The van der Waals surface area contributed by atoms with Crippen LogP contribution in [0.1, 0.15) is 23.2 Å². The molecule has 2 aromatic rings. The van der Waals surface area contributed by atoms with E-state index in [1.54, 1.807) is 30.1 Å². The molecule has 2 heterocycles. The number of furan rings is 1. The van der Waals surface area contributed by atoms with Gasteiger partial charge in [-0.1, -0.05) is 6.92 Å². The second-order valence-corrected chi connectivity index (χ2v) is 6.67. The van der Waals surface area contributed by atoms with E-state index in [1.807, 2.05) is 0 Å². The third-order valence-electron chi connectivity index (χ3n) is 3.19. The van der Waals surface area contributed by atoms with Gasteiger partial charge in [0.25, 0.3) is 0 Å². The highest BCUT2D eigenvalue weighted by Crippen LogP contribution is 2.24. The molecule has 0 aromatic carbocycles. The van der Waals surface area contributed by atoms with Gasteiger partial charge in [0.15, 0.2) is 0 Å². The SMILES string of the molecule is CCc1oc(C(=O)O)cc1S(=O)(=O)N(C)CCn1cccn1. The molecule has 0 aliphatic carbocycles. The van der Waals surface area contributed by atoms with E-state index in [4.69, 9.17) is 9.52 Å². The van der Waals surface area contributed by atoms with E-state index in [0.717, 1.165) is 10.4 Å². The van der Waals surface area contributed by atoms with Crippen molar-refractivity contribution in [2.24, 2.45) is 0 Å². The van der Waals surface area contributed by atoms with Gasteiger partial charge >= 0.3 is 5.97 Å². The number of carboxylic acid groups (broad SMARTS) is 1. The Morgan fingerprint density at radius 3 is 2.77 bits per heavy atom. The molecule has 120 valence electrons. The lowest BCUT2D eigenvalue weighted by atomic mass is 10.3. The summed E-state index contributed by atoms with van der Waals surface area (Å²) in [5, 5.41) is 12.9. The van der Waals surface area contributed by atoms with Crippen molar-refractivity contribution >= 4 is 16.0 Å². The first-order chi connectivity index (χ1) is 10.4. The van der Waals surface area contributed by atoms with E-state index >= 15 is 0 Å². The van der Waals surface area contributed by atoms with E-state index < -0.39 is 16.0 Å². The summed E-state index contributed by atoms with van der Waals surface area (Å²) < 4.78 is 33.0.